The van der Waals surface area contributed by atoms with Crippen LogP contribution in [0, 0.1) is 0 Å². The van der Waals surface area contributed by atoms with Crippen LogP contribution in [0.5, 0.6) is 11.5 Å². The number of esters is 1. The molecule has 1 N–H and O–H groups in total. The molecule has 0 aliphatic heterocycles. The highest BCUT2D eigenvalue weighted by atomic mass is 16.5. The van der Waals surface area contributed by atoms with E-state index in [4.69, 9.17) is 9.47 Å². The van der Waals surface area contributed by atoms with E-state index in [0.717, 1.165) is 0 Å². The minimum atomic E-state index is -0.738. The van der Waals surface area contributed by atoms with Crippen molar-refractivity contribution >= 4 is 11.9 Å². The van der Waals surface area contributed by atoms with Crippen molar-refractivity contribution in [2.24, 2.45) is 0 Å². The van der Waals surface area contributed by atoms with Gasteiger partial charge in [-0.2, -0.15) is 0 Å². The predicted octanol–water partition coefficient (Wildman–Crippen LogP) is 4.84. The summed E-state index contributed by atoms with van der Waals surface area (Å²) >= 11 is 0. The van der Waals surface area contributed by atoms with Crippen LogP contribution < -0.4 is 10.1 Å². The Labute approximate surface area is 170 Å². The Morgan fingerprint density at radius 2 is 1.38 bits per heavy atom. The van der Waals surface area contributed by atoms with Crippen molar-refractivity contribution in [2.75, 3.05) is 6.61 Å². The molecule has 0 saturated carbocycles. The fraction of sp³-hybridized carbons (Fsp3) is 0.167. The molecule has 0 unspecified atom stereocenters. The van der Waals surface area contributed by atoms with E-state index >= 15 is 0 Å². The van der Waals surface area contributed by atoms with E-state index in [1.165, 1.54) is 0 Å². The van der Waals surface area contributed by atoms with Crippen molar-refractivity contribution in [3.05, 3.63) is 96.1 Å². The molecule has 3 aromatic carbocycles. The van der Waals surface area contributed by atoms with Gasteiger partial charge in [0, 0.05) is 5.56 Å². The lowest BCUT2D eigenvalue weighted by Gasteiger charge is -2.26. The van der Waals surface area contributed by atoms with Gasteiger partial charge in [-0.25, -0.2) is 4.79 Å². The number of hydrogen-bond donors (Lipinski definition) is 1. The summed E-state index contributed by atoms with van der Waals surface area (Å²) in [6.07, 6.45) is 0. The highest BCUT2D eigenvalue weighted by Crippen LogP contribution is 2.22. The van der Waals surface area contributed by atoms with Gasteiger partial charge < -0.3 is 14.8 Å². The highest BCUT2D eigenvalue weighted by molar-refractivity contribution is 5.95. The third-order valence-corrected chi connectivity index (χ3v) is 4.10. The molecule has 0 aliphatic rings. The summed E-state index contributed by atoms with van der Waals surface area (Å²) in [4.78, 5) is 24.8. The van der Waals surface area contributed by atoms with Gasteiger partial charge in [-0.15, -0.1) is 0 Å². The van der Waals surface area contributed by atoms with Gasteiger partial charge in [-0.05, 0) is 56.3 Å². The van der Waals surface area contributed by atoms with Crippen LogP contribution in [0.3, 0.4) is 0 Å². The Morgan fingerprint density at radius 3 is 2.07 bits per heavy atom. The average Bonchev–Trinajstić information content (AvgIpc) is 2.73. The van der Waals surface area contributed by atoms with Crippen molar-refractivity contribution in [2.45, 2.75) is 19.4 Å². The van der Waals surface area contributed by atoms with E-state index < -0.39 is 11.5 Å². The number of amides is 1. The van der Waals surface area contributed by atoms with Crippen LogP contribution in [0.1, 0.15) is 34.6 Å². The molecule has 0 spiro atoms. The first-order valence-corrected chi connectivity index (χ1v) is 9.31. The molecular weight excluding hydrogens is 366 g/mol. The maximum atomic E-state index is 12.7. The van der Waals surface area contributed by atoms with Crippen LogP contribution in [0.2, 0.25) is 0 Å². The lowest BCUT2D eigenvalue weighted by Crippen LogP contribution is -2.47. The van der Waals surface area contributed by atoms with Gasteiger partial charge in [0.25, 0.3) is 5.91 Å². The molecule has 0 aliphatic carbocycles. The largest absolute Gasteiger partial charge is 0.460 e. The Kier molecular flexibility index (Phi) is 6.29. The third-order valence-electron chi connectivity index (χ3n) is 4.10. The first-order chi connectivity index (χ1) is 13.9. The topological polar surface area (TPSA) is 64.6 Å². The van der Waals surface area contributed by atoms with Gasteiger partial charge in [-0.1, -0.05) is 42.5 Å². The number of ether oxygens (including phenoxy) is 2. The monoisotopic (exact) mass is 389 g/mol. The lowest BCUT2D eigenvalue weighted by atomic mass is 10.1. The Balaban J connectivity index is 1.60. The quantitative estimate of drug-likeness (QED) is 0.587. The summed E-state index contributed by atoms with van der Waals surface area (Å²) < 4.78 is 11.1. The average molecular weight is 389 g/mol. The van der Waals surface area contributed by atoms with Crippen molar-refractivity contribution in [1.82, 2.24) is 5.32 Å². The van der Waals surface area contributed by atoms with Crippen LogP contribution in [0.15, 0.2) is 84.9 Å². The second kappa shape index (κ2) is 9.06. The molecule has 148 valence electrons. The Hall–Kier alpha value is -3.60. The van der Waals surface area contributed by atoms with Crippen LogP contribution in [-0.4, -0.2) is 24.0 Å². The first-order valence-electron chi connectivity index (χ1n) is 9.31. The summed E-state index contributed by atoms with van der Waals surface area (Å²) in [5.41, 5.74) is 0.193. The number of benzene rings is 3. The van der Waals surface area contributed by atoms with E-state index in [1.54, 1.807) is 62.4 Å². The van der Waals surface area contributed by atoms with E-state index in [9.17, 15) is 9.59 Å². The zero-order valence-electron chi connectivity index (χ0n) is 16.4. The molecule has 0 radical (unpaired) electrons. The van der Waals surface area contributed by atoms with Gasteiger partial charge in [0.15, 0.2) is 0 Å². The fourth-order valence-corrected chi connectivity index (χ4v) is 2.64. The SMILES string of the molecule is CC(C)(COC(=O)c1ccccc1)NC(=O)c1cccc(Oc2ccccc2)c1. The molecule has 3 rings (SSSR count). The van der Waals surface area contributed by atoms with Crippen molar-refractivity contribution in [3.63, 3.8) is 0 Å². The van der Waals surface area contributed by atoms with Crippen LogP contribution in [0.4, 0.5) is 0 Å². The molecule has 0 heterocycles. The Bertz CT molecular complexity index is 968. The van der Waals surface area contributed by atoms with E-state index in [2.05, 4.69) is 5.32 Å². The normalized spacial score (nSPS) is 10.8. The zero-order chi connectivity index (χ0) is 20.7. The first kappa shape index (κ1) is 20.1. The summed E-state index contributed by atoms with van der Waals surface area (Å²) in [6, 6.07) is 25.0. The molecule has 0 atom stereocenters. The van der Waals surface area contributed by atoms with Crippen molar-refractivity contribution < 1.29 is 19.1 Å². The number of carbonyl (C=O) groups is 2. The second-order valence-electron chi connectivity index (χ2n) is 7.22. The van der Waals surface area contributed by atoms with E-state index in [-0.39, 0.29) is 12.5 Å². The molecule has 0 fully saturated rings. The predicted molar refractivity (Wildman–Crippen MR) is 111 cm³/mol. The van der Waals surface area contributed by atoms with Gasteiger partial charge in [0.05, 0.1) is 11.1 Å². The summed E-state index contributed by atoms with van der Waals surface area (Å²) in [5, 5.41) is 2.90. The van der Waals surface area contributed by atoms with Crippen LogP contribution in [-0.2, 0) is 4.74 Å². The number of para-hydroxylation sites is 1. The maximum Gasteiger partial charge on any atom is 0.338 e. The van der Waals surface area contributed by atoms with E-state index in [0.29, 0.717) is 22.6 Å². The Morgan fingerprint density at radius 1 is 0.793 bits per heavy atom. The van der Waals surface area contributed by atoms with Crippen LogP contribution in [0.25, 0.3) is 0 Å². The second-order valence-corrected chi connectivity index (χ2v) is 7.22. The standard InChI is InChI=1S/C24H23NO4/c1-24(2,17-28-23(27)18-10-5-3-6-11-18)25-22(26)19-12-9-15-21(16-19)29-20-13-7-4-8-14-20/h3-16H,17H2,1-2H3,(H,25,26). The molecule has 0 bridgehead atoms. The van der Waals surface area contributed by atoms with Crippen molar-refractivity contribution in [1.29, 1.82) is 0 Å². The molecule has 3 aromatic rings. The number of carbonyl (C=O) groups excluding carboxylic acids is 2. The van der Waals surface area contributed by atoms with Gasteiger partial charge in [0.1, 0.15) is 18.1 Å². The zero-order valence-corrected chi connectivity index (χ0v) is 16.4. The van der Waals surface area contributed by atoms with Gasteiger partial charge >= 0.3 is 5.97 Å². The number of hydrogen-bond acceptors (Lipinski definition) is 4. The number of rotatable bonds is 7. The fourth-order valence-electron chi connectivity index (χ4n) is 2.64. The molecular formula is C24H23NO4. The minimum Gasteiger partial charge on any atom is -0.460 e. The molecule has 0 saturated heterocycles. The summed E-state index contributed by atoms with van der Waals surface area (Å²) in [5.74, 6) is 0.561. The van der Waals surface area contributed by atoms with Crippen molar-refractivity contribution in [3.8, 4) is 11.5 Å². The maximum absolute atomic E-state index is 12.7. The summed E-state index contributed by atoms with van der Waals surface area (Å²) in [6.45, 7) is 3.65. The molecule has 0 aromatic heterocycles. The number of nitrogens with one attached hydrogen (secondary N) is 1. The molecule has 5 heteroatoms. The van der Waals surface area contributed by atoms with Gasteiger partial charge in [0.2, 0.25) is 0 Å². The minimum absolute atomic E-state index is 0.0483. The molecule has 5 nitrogen and oxygen atoms in total. The molecule has 1 amide bonds. The smallest absolute Gasteiger partial charge is 0.338 e. The lowest BCUT2D eigenvalue weighted by molar-refractivity contribution is 0.0390. The van der Waals surface area contributed by atoms with Crippen LogP contribution >= 0.6 is 0 Å². The third kappa shape index (κ3) is 5.94. The summed E-state index contributed by atoms with van der Waals surface area (Å²) in [7, 11) is 0. The molecule has 29 heavy (non-hydrogen) atoms. The highest BCUT2D eigenvalue weighted by Gasteiger charge is 2.24. The van der Waals surface area contributed by atoms with Gasteiger partial charge in [-0.3, -0.25) is 4.79 Å². The van der Waals surface area contributed by atoms with E-state index in [1.807, 2.05) is 36.4 Å².